The molecule has 0 aromatic heterocycles. The van der Waals surface area contributed by atoms with Crippen LogP contribution in [-0.4, -0.2) is 12.7 Å². The molecule has 0 saturated heterocycles. The molecule has 1 aliphatic rings. The highest BCUT2D eigenvalue weighted by Crippen LogP contribution is 2.34. The van der Waals surface area contributed by atoms with Gasteiger partial charge in [-0.05, 0) is 43.9 Å². The van der Waals surface area contributed by atoms with Crippen molar-refractivity contribution in [2.45, 2.75) is 39.4 Å². The Balaban J connectivity index is 2.31. The standard InChI is InChI=1S/C12H14F2O2/c1-7-5-9-4-3-8(2)15-11(9)6-10(7)16-12(13)14/h5-6,8,12H,3-4H2,1-2H3. The quantitative estimate of drug-likeness (QED) is 0.773. The van der Waals surface area contributed by atoms with Crippen molar-refractivity contribution in [3.63, 3.8) is 0 Å². The summed E-state index contributed by atoms with van der Waals surface area (Å²) in [6.45, 7) is 0.935. The number of aryl methyl sites for hydroxylation is 2. The number of hydrogen-bond acceptors (Lipinski definition) is 2. The van der Waals surface area contributed by atoms with Gasteiger partial charge in [-0.25, -0.2) is 0 Å². The van der Waals surface area contributed by atoms with E-state index in [0.29, 0.717) is 5.75 Å². The Labute approximate surface area is 93.2 Å². The maximum absolute atomic E-state index is 12.1. The minimum Gasteiger partial charge on any atom is -0.490 e. The first kappa shape index (κ1) is 11.2. The minimum atomic E-state index is -2.79. The normalized spacial score (nSPS) is 19.2. The van der Waals surface area contributed by atoms with Crippen molar-refractivity contribution in [1.29, 1.82) is 0 Å². The van der Waals surface area contributed by atoms with Gasteiger partial charge >= 0.3 is 6.61 Å². The lowest BCUT2D eigenvalue weighted by atomic mass is 10.0. The maximum Gasteiger partial charge on any atom is 0.387 e. The molecule has 1 aromatic rings. The molecule has 4 heteroatoms. The summed E-state index contributed by atoms with van der Waals surface area (Å²) in [5.41, 5.74) is 1.79. The molecule has 2 rings (SSSR count). The van der Waals surface area contributed by atoms with E-state index >= 15 is 0 Å². The number of benzene rings is 1. The molecule has 1 aliphatic heterocycles. The fraction of sp³-hybridized carbons (Fsp3) is 0.500. The monoisotopic (exact) mass is 228 g/mol. The predicted octanol–water partition coefficient (Wildman–Crippen LogP) is 3.31. The zero-order valence-electron chi connectivity index (χ0n) is 9.30. The van der Waals surface area contributed by atoms with E-state index in [2.05, 4.69) is 4.74 Å². The van der Waals surface area contributed by atoms with E-state index in [1.165, 1.54) is 0 Å². The third-order valence-electron chi connectivity index (χ3n) is 2.72. The van der Waals surface area contributed by atoms with Gasteiger partial charge in [0.1, 0.15) is 11.5 Å². The largest absolute Gasteiger partial charge is 0.490 e. The van der Waals surface area contributed by atoms with Crippen molar-refractivity contribution in [3.05, 3.63) is 23.3 Å². The molecule has 16 heavy (non-hydrogen) atoms. The number of alkyl halides is 2. The first-order valence-corrected chi connectivity index (χ1v) is 5.31. The highest BCUT2D eigenvalue weighted by Gasteiger charge is 2.19. The molecule has 1 atom stereocenters. The van der Waals surface area contributed by atoms with Gasteiger partial charge in [-0.1, -0.05) is 0 Å². The van der Waals surface area contributed by atoms with Crippen molar-refractivity contribution >= 4 is 0 Å². The number of halogens is 2. The first-order chi connectivity index (χ1) is 7.56. The molecule has 0 radical (unpaired) electrons. The molecule has 0 N–H and O–H groups in total. The minimum absolute atomic E-state index is 0.134. The molecule has 1 heterocycles. The average molecular weight is 228 g/mol. The van der Waals surface area contributed by atoms with E-state index < -0.39 is 6.61 Å². The second kappa shape index (κ2) is 4.28. The molecule has 0 spiro atoms. The summed E-state index contributed by atoms with van der Waals surface area (Å²) in [6, 6.07) is 3.42. The van der Waals surface area contributed by atoms with Crippen LogP contribution in [0.2, 0.25) is 0 Å². The van der Waals surface area contributed by atoms with Gasteiger partial charge in [0.2, 0.25) is 0 Å². The van der Waals surface area contributed by atoms with Crippen LogP contribution in [0, 0.1) is 6.92 Å². The third kappa shape index (κ3) is 2.26. The van der Waals surface area contributed by atoms with E-state index in [1.54, 1.807) is 13.0 Å². The highest BCUT2D eigenvalue weighted by atomic mass is 19.3. The fourth-order valence-corrected chi connectivity index (χ4v) is 1.89. The van der Waals surface area contributed by atoms with Gasteiger partial charge in [0.25, 0.3) is 0 Å². The summed E-state index contributed by atoms with van der Waals surface area (Å²) in [4.78, 5) is 0. The van der Waals surface area contributed by atoms with Crippen molar-refractivity contribution < 1.29 is 18.3 Å². The summed E-state index contributed by atoms with van der Waals surface area (Å²) in [6.07, 6.45) is 2.02. The lowest BCUT2D eigenvalue weighted by Crippen LogP contribution is -2.19. The SMILES string of the molecule is Cc1cc2c(cc1OC(F)F)OC(C)CC2. The lowest BCUT2D eigenvalue weighted by Gasteiger charge is -2.24. The summed E-state index contributed by atoms with van der Waals surface area (Å²) in [5.74, 6) is 0.864. The van der Waals surface area contributed by atoms with Gasteiger partial charge in [0.05, 0.1) is 6.10 Å². The third-order valence-corrected chi connectivity index (χ3v) is 2.72. The van der Waals surface area contributed by atoms with Crippen LogP contribution in [0.5, 0.6) is 11.5 Å². The molecular formula is C12H14F2O2. The van der Waals surface area contributed by atoms with Crippen LogP contribution >= 0.6 is 0 Å². The predicted molar refractivity (Wildman–Crippen MR) is 56.2 cm³/mol. The Morgan fingerprint density at radius 3 is 2.88 bits per heavy atom. The smallest absolute Gasteiger partial charge is 0.387 e. The zero-order chi connectivity index (χ0) is 11.7. The van der Waals surface area contributed by atoms with Crippen molar-refractivity contribution in [1.82, 2.24) is 0 Å². The van der Waals surface area contributed by atoms with Crippen LogP contribution < -0.4 is 9.47 Å². The van der Waals surface area contributed by atoms with Gasteiger partial charge in [-0.2, -0.15) is 8.78 Å². The molecule has 88 valence electrons. The van der Waals surface area contributed by atoms with Gasteiger partial charge in [-0.3, -0.25) is 0 Å². The van der Waals surface area contributed by atoms with Crippen LogP contribution in [0.4, 0.5) is 8.78 Å². The van der Waals surface area contributed by atoms with Crippen LogP contribution in [0.3, 0.4) is 0 Å². The molecule has 1 aromatic carbocycles. The fourth-order valence-electron chi connectivity index (χ4n) is 1.89. The van der Waals surface area contributed by atoms with E-state index in [0.717, 1.165) is 24.0 Å². The van der Waals surface area contributed by atoms with E-state index in [4.69, 9.17) is 4.74 Å². The topological polar surface area (TPSA) is 18.5 Å². The average Bonchev–Trinajstić information content (AvgIpc) is 2.19. The Hall–Kier alpha value is -1.32. The molecule has 1 unspecified atom stereocenters. The second-order valence-electron chi connectivity index (χ2n) is 4.07. The summed E-state index contributed by atoms with van der Waals surface area (Å²) >= 11 is 0. The summed E-state index contributed by atoms with van der Waals surface area (Å²) < 4.78 is 34.3. The van der Waals surface area contributed by atoms with Crippen LogP contribution in [0.25, 0.3) is 0 Å². The van der Waals surface area contributed by atoms with Crippen LogP contribution in [0.15, 0.2) is 12.1 Å². The Morgan fingerprint density at radius 1 is 1.44 bits per heavy atom. The van der Waals surface area contributed by atoms with Gasteiger partial charge in [0, 0.05) is 6.07 Å². The van der Waals surface area contributed by atoms with Gasteiger partial charge in [-0.15, -0.1) is 0 Å². The summed E-state index contributed by atoms with van der Waals surface area (Å²) in [5, 5.41) is 0. The molecule has 0 saturated carbocycles. The number of hydrogen-bond donors (Lipinski definition) is 0. The molecule has 0 amide bonds. The van der Waals surface area contributed by atoms with Crippen molar-refractivity contribution in [2.75, 3.05) is 0 Å². The zero-order valence-corrected chi connectivity index (χ0v) is 9.30. The second-order valence-corrected chi connectivity index (χ2v) is 4.07. The molecule has 2 nitrogen and oxygen atoms in total. The van der Waals surface area contributed by atoms with E-state index in [-0.39, 0.29) is 11.9 Å². The lowest BCUT2D eigenvalue weighted by molar-refractivity contribution is -0.0504. The highest BCUT2D eigenvalue weighted by molar-refractivity contribution is 5.47. The molecular weight excluding hydrogens is 214 g/mol. The Bertz CT molecular complexity index is 391. The molecule has 0 fully saturated rings. The van der Waals surface area contributed by atoms with Crippen LogP contribution in [-0.2, 0) is 6.42 Å². The van der Waals surface area contributed by atoms with Crippen molar-refractivity contribution in [2.24, 2.45) is 0 Å². The van der Waals surface area contributed by atoms with Gasteiger partial charge in [0.15, 0.2) is 0 Å². The Morgan fingerprint density at radius 2 is 2.19 bits per heavy atom. The van der Waals surface area contributed by atoms with Gasteiger partial charge < -0.3 is 9.47 Å². The van der Waals surface area contributed by atoms with Crippen LogP contribution in [0.1, 0.15) is 24.5 Å². The number of fused-ring (bicyclic) bond motifs is 1. The van der Waals surface area contributed by atoms with E-state index in [1.807, 2.05) is 13.0 Å². The maximum atomic E-state index is 12.1. The Kier molecular flexibility index (Phi) is 2.99. The van der Waals surface area contributed by atoms with E-state index in [9.17, 15) is 8.78 Å². The van der Waals surface area contributed by atoms with Crippen molar-refractivity contribution in [3.8, 4) is 11.5 Å². The number of rotatable bonds is 2. The number of ether oxygens (including phenoxy) is 2. The molecule has 0 bridgehead atoms. The molecule has 0 aliphatic carbocycles. The summed E-state index contributed by atoms with van der Waals surface area (Å²) in [7, 11) is 0. The first-order valence-electron chi connectivity index (χ1n) is 5.31.